The van der Waals surface area contributed by atoms with E-state index < -0.39 is 113 Å². The van der Waals surface area contributed by atoms with E-state index in [0.717, 1.165) is 11.3 Å². The Morgan fingerprint density at radius 3 is 2.07 bits per heavy atom. The van der Waals surface area contributed by atoms with Crippen LogP contribution in [0.3, 0.4) is 0 Å². The largest absolute Gasteiger partial charge is 0.481 e. The second-order valence-corrected chi connectivity index (χ2v) is 27.9. The Morgan fingerprint density at radius 1 is 0.865 bits per heavy atom. The zero-order valence-electron chi connectivity index (χ0n) is 58.7. The topological polar surface area (TPSA) is 347 Å². The molecule has 3 rings (SSSR count). The highest BCUT2D eigenvalue weighted by molar-refractivity contribution is 9.09. The highest BCUT2D eigenvalue weighted by Gasteiger charge is 2.40. The fourth-order valence-corrected chi connectivity index (χ4v) is 12.0. The van der Waals surface area contributed by atoms with Crippen molar-refractivity contribution in [2.24, 2.45) is 41.4 Å². The Morgan fingerprint density at radius 2 is 1.50 bits per heavy atom. The summed E-state index contributed by atoms with van der Waals surface area (Å²) in [4.78, 5) is 183. The number of hydrogen-bond donors (Lipinski definition) is 5. The minimum atomic E-state index is -1.30. The number of anilines is 1. The minimum Gasteiger partial charge on any atom is -0.481 e. The molecule has 0 fully saturated rings. The van der Waals surface area contributed by atoms with Gasteiger partial charge in [-0.15, -0.1) is 11.3 Å². The lowest BCUT2D eigenvalue weighted by atomic mass is 9.81. The van der Waals surface area contributed by atoms with E-state index in [-0.39, 0.29) is 178 Å². The number of hydrogen-bond acceptors (Lipinski definition) is 20. The maximum Gasteiger partial charge on any atom is 0.313 e. The minimum absolute atomic E-state index is 0.0132. The van der Waals surface area contributed by atoms with E-state index in [1.54, 1.807) is 38.8 Å². The van der Waals surface area contributed by atoms with Crippen LogP contribution in [0.2, 0.25) is 0 Å². The Labute approximate surface area is 577 Å². The maximum absolute atomic E-state index is 14.5. The first kappa shape index (κ1) is 83.5. The van der Waals surface area contributed by atoms with Gasteiger partial charge in [0.15, 0.2) is 23.4 Å². The van der Waals surface area contributed by atoms with Gasteiger partial charge in [0, 0.05) is 108 Å². The number of nitrogens with one attached hydrogen (secondary N) is 4. The average Bonchev–Trinajstić information content (AvgIpc) is 1.17. The Balaban J connectivity index is 2.01. The molecule has 5 amide bonds. The number of likely N-dealkylation sites (N-methyl/N-ethyl adjacent to an activating group) is 1. The summed E-state index contributed by atoms with van der Waals surface area (Å²) < 4.78 is 23.0. The monoisotopic (exact) mass is 1430 g/mol. The summed E-state index contributed by atoms with van der Waals surface area (Å²) in [5.41, 5.74) is -0.518. The number of carbonyl (C=O) groups excluding carboxylic acids is 12. The summed E-state index contributed by atoms with van der Waals surface area (Å²) in [6, 6.07) is 0.475. The van der Waals surface area contributed by atoms with Gasteiger partial charge in [-0.1, -0.05) is 83.8 Å². The molecule has 96 heavy (non-hydrogen) atoms. The van der Waals surface area contributed by atoms with Crippen LogP contribution >= 0.6 is 27.3 Å². The maximum atomic E-state index is 14.5. The lowest BCUT2D eigenvalue weighted by Gasteiger charge is -2.38. The SMILES string of the molecule is CCC(=O)NC1C(=O)CCCOCCC(=O)CC(C(C)C)C(=O)NC(C)C(=O)Nc2cc(C[C@@H](CC(C)C(=O)O)NC(=O)c3csc([C@@H](C[C@H](C(C)C)N(C)C(=O)[C@@H](CC(=O)C(C)(C)N(C)C)[C@@H](C)CC)OC(C)=O)n3)ccc2OC(=O)CCOCCCC(=O)C1CC(=O)CBr. The molecule has 25 nitrogen and oxygen atoms in total. The molecule has 10 atom stereocenters. The summed E-state index contributed by atoms with van der Waals surface area (Å²) in [7, 11) is 5.30. The standard InChI is InChI=1S/C69H104BrN7O18S/c1-16-41(7)50(35-59(83)69(11,12)76(13)14)67(89)77(15)54(40(5)6)36-58(94-44(10)78)66-74-53(38-96-66)65(88)72-46(30-42(8)68(90)91)31-45-22-23-57-52(32-45)73-63(86)43(9)71-64(87)49(39(3)4)33-47(79)24-28-92-27-19-21-56(82)62(75-60(84)17-2)51(34-48(80)37-70)55(81)20-18-26-93-29-25-61(85)95-57/h22-23,32,38-43,46,49-51,54,58,62H,16-21,24-31,33-37H2,1-15H3,(H,71,87)(H,72,88)(H,73,86)(H,75,84)(H,90,91)/t41-,42?,43?,46+,49?,50-,51?,54+,58+,62?/m0/s1. The van der Waals surface area contributed by atoms with Gasteiger partial charge < -0.3 is 50.2 Å². The number of halogens is 1. The number of Topliss-reactive ketones (excluding diaryl/α,β-unsaturated/α-hetero) is 5. The normalized spacial score (nSPS) is 20.2. The van der Waals surface area contributed by atoms with E-state index in [0.29, 0.717) is 12.0 Å². The van der Waals surface area contributed by atoms with Gasteiger partial charge in [0.25, 0.3) is 5.91 Å². The molecule has 2 heterocycles. The van der Waals surface area contributed by atoms with Crippen LogP contribution in [0.5, 0.6) is 5.75 Å². The fourth-order valence-electron chi connectivity index (χ4n) is 10.9. The number of rotatable bonds is 26. The van der Waals surface area contributed by atoms with Gasteiger partial charge in [-0.3, -0.25) is 67.2 Å². The van der Waals surface area contributed by atoms with E-state index >= 15 is 0 Å². The molecule has 0 saturated carbocycles. The van der Waals surface area contributed by atoms with Gasteiger partial charge in [0.05, 0.1) is 54.1 Å². The van der Waals surface area contributed by atoms with Gasteiger partial charge in [0.2, 0.25) is 23.6 Å². The van der Waals surface area contributed by atoms with Crippen LogP contribution in [0.4, 0.5) is 5.69 Å². The molecule has 1 aromatic heterocycles. The molecule has 0 aliphatic carbocycles. The molecule has 5 N–H and O–H groups in total. The van der Waals surface area contributed by atoms with Crippen molar-refractivity contribution in [3.63, 3.8) is 0 Å². The number of fused-ring (bicyclic) bond motifs is 1. The van der Waals surface area contributed by atoms with Crippen molar-refractivity contribution in [3.8, 4) is 5.75 Å². The van der Waals surface area contributed by atoms with Gasteiger partial charge in [-0.05, 0) is 96.0 Å². The first-order valence-electron chi connectivity index (χ1n) is 33.2. The number of nitrogens with zero attached hydrogens (tertiary/aromatic N) is 3. The molecule has 5 unspecified atom stereocenters. The first-order chi connectivity index (χ1) is 45.1. The molecule has 0 radical (unpaired) electrons. The molecule has 1 aromatic carbocycles. The zero-order chi connectivity index (χ0) is 72.3. The summed E-state index contributed by atoms with van der Waals surface area (Å²) in [5, 5.41) is 22.7. The summed E-state index contributed by atoms with van der Waals surface area (Å²) in [5.74, 6) is -11.5. The second-order valence-electron chi connectivity index (χ2n) is 26.5. The molecule has 1 aliphatic heterocycles. The van der Waals surface area contributed by atoms with Gasteiger partial charge >= 0.3 is 17.9 Å². The number of esters is 2. The molecule has 27 heteroatoms. The number of alkyl halides is 1. The Bertz CT molecular complexity index is 3020. The average molecular weight is 1430 g/mol. The molecular formula is C69H104BrN7O18S. The zero-order valence-corrected chi connectivity index (χ0v) is 61.1. The predicted molar refractivity (Wildman–Crippen MR) is 364 cm³/mol. The third kappa shape index (κ3) is 27.0. The molecule has 0 bridgehead atoms. The number of carbonyl (C=O) groups is 13. The van der Waals surface area contributed by atoms with Crippen molar-refractivity contribution < 1.29 is 86.4 Å². The van der Waals surface area contributed by atoms with Crippen molar-refractivity contribution in [2.45, 2.75) is 209 Å². The smallest absolute Gasteiger partial charge is 0.313 e. The lowest BCUT2D eigenvalue weighted by molar-refractivity contribution is -0.150. The quantitative estimate of drug-likeness (QED) is 0.0338. The van der Waals surface area contributed by atoms with Crippen molar-refractivity contribution in [1.82, 2.24) is 30.7 Å². The third-order valence-electron chi connectivity index (χ3n) is 17.8. The van der Waals surface area contributed by atoms with E-state index in [1.165, 1.54) is 38.3 Å². The van der Waals surface area contributed by atoms with Gasteiger partial charge in [-0.2, -0.15) is 0 Å². The van der Waals surface area contributed by atoms with Crippen molar-refractivity contribution in [1.29, 1.82) is 0 Å². The molecule has 1 aliphatic rings. The highest BCUT2D eigenvalue weighted by atomic mass is 79.9. The van der Waals surface area contributed by atoms with E-state index in [4.69, 9.17) is 18.9 Å². The first-order valence-corrected chi connectivity index (χ1v) is 35.2. The van der Waals surface area contributed by atoms with Crippen LogP contribution in [-0.4, -0.2) is 179 Å². The number of benzene rings is 1. The van der Waals surface area contributed by atoms with Crippen LogP contribution in [-0.2, 0) is 78.2 Å². The molecular weight excluding hydrogens is 1330 g/mol. The highest BCUT2D eigenvalue weighted by Crippen LogP contribution is 2.34. The van der Waals surface area contributed by atoms with E-state index in [9.17, 15) is 67.4 Å². The van der Waals surface area contributed by atoms with Crippen LogP contribution < -0.4 is 26.0 Å². The lowest BCUT2D eigenvalue weighted by Crippen LogP contribution is -2.50. The van der Waals surface area contributed by atoms with Crippen LogP contribution in [0.15, 0.2) is 23.6 Å². The van der Waals surface area contributed by atoms with Gasteiger partial charge in [0.1, 0.15) is 34.1 Å². The number of aromatic nitrogens is 1. The van der Waals surface area contributed by atoms with Gasteiger partial charge in [-0.25, -0.2) is 4.98 Å². The van der Waals surface area contributed by atoms with Crippen LogP contribution in [0.1, 0.15) is 194 Å². The number of aliphatic carboxylic acids is 1. The van der Waals surface area contributed by atoms with Crippen molar-refractivity contribution >= 4 is 109 Å². The summed E-state index contributed by atoms with van der Waals surface area (Å²) >= 11 is 4.18. The van der Waals surface area contributed by atoms with E-state index in [2.05, 4.69) is 42.2 Å². The number of carboxylic acid groups (broad SMARTS) is 1. The van der Waals surface area contributed by atoms with Crippen LogP contribution in [0.25, 0.3) is 0 Å². The van der Waals surface area contributed by atoms with Crippen LogP contribution in [0, 0.1) is 41.4 Å². The number of ketones is 5. The predicted octanol–water partition coefficient (Wildman–Crippen LogP) is 8.00. The number of amides is 5. The Kier molecular flexibility index (Phi) is 35.6. The Hall–Kier alpha value is -6.68. The molecule has 0 saturated heterocycles. The fraction of sp³-hybridized carbons (Fsp3) is 0.681. The molecule has 2 aromatic rings. The number of thiazole rings is 1. The number of ether oxygens (including phenoxy) is 4. The molecule has 536 valence electrons. The third-order valence-corrected chi connectivity index (χ3v) is 19.4. The molecule has 0 spiro atoms. The van der Waals surface area contributed by atoms with Crippen molar-refractivity contribution in [3.05, 3.63) is 39.8 Å². The summed E-state index contributed by atoms with van der Waals surface area (Å²) in [6.45, 7) is 20.4. The number of carboxylic acids is 1. The van der Waals surface area contributed by atoms with E-state index in [1.807, 2.05) is 60.5 Å². The second kappa shape index (κ2) is 40.9. The van der Waals surface area contributed by atoms with Crippen molar-refractivity contribution in [2.75, 3.05) is 58.2 Å². The summed E-state index contributed by atoms with van der Waals surface area (Å²) in [6.07, 6.45) is -1.21.